The Bertz CT molecular complexity index is 584. The van der Waals surface area contributed by atoms with Crippen molar-refractivity contribution in [2.75, 3.05) is 26.4 Å². The summed E-state index contributed by atoms with van der Waals surface area (Å²) in [5, 5.41) is 9.20. The SMILES string of the molecule is CCNC(=NCc1ccc(C)cc1SC)NCC(C)(C)C(=O)NC. The van der Waals surface area contributed by atoms with E-state index in [-0.39, 0.29) is 5.91 Å². The number of hydrogen-bond acceptors (Lipinski definition) is 3. The zero-order valence-corrected chi connectivity index (χ0v) is 16.4. The number of hydrogen-bond donors (Lipinski definition) is 3. The topological polar surface area (TPSA) is 65.5 Å². The Balaban J connectivity index is 2.81. The van der Waals surface area contributed by atoms with Crippen molar-refractivity contribution in [2.45, 2.75) is 39.1 Å². The number of aryl methyl sites for hydroxylation is 1. The minimum Gasteiger partial charge on any atom is -0.359 e. The van der Waals surface area contributed by atoms with Gasteiger partial charge in [0.1, 0.15) is 0 Å². The molecular weight excluding hydrogens is 320 g/mol. The molecule has 0 radical (unpaired) electrons. The second-order valence-corrected chi connectivity index (χ2v) is 7.18. The van der Waals surface area contributed by atoms with Gasteiger partial charge in [0, 0.05) is 25.0 Å². The number of nitrogens with one attached hydrogen (secondary N) is 3. The molecule has 0 fully saturated rings. The van der Waals surface area contributed by atoms with Gasteiger partial charge in [-0.25, -0.2) is 4.99 Å². The van der Waals surface area contributed by atoms with E-state index in [1.807, 2.05) is 20.8 Å². The van der Waals surface area contributed by atoms with Crippen molar-refractivity contribution in [3.8, 4) is 0 Å². The molecule has 24 heavy (non-hydrogen) atoms. The lowest BCUT2D eigenvalue weighted by molar-refractivity contribution is -0.128. The Labute approximate surface area is 150 Å². The first-order chi connectivity index (χ1) is 11.3. The van der Waals surface area contributed by atoms with Gasteiger partial charge in [0.05, 0.1) is 12.0 Å². The van der Waals surface area contributed by atoms with E-state index >= 15 is 0 Å². The summed E-state index contributed by atoms with van der Waals surface area (Å²) in [6, 6.07) is 6.42. The summed E-state index contributed by atoms with van der Waals surface area (Å²) in [5.74, 6) is 0.733. The monoisotopic (exact) mass is 350 g/mol. The van der Waals surface area contributed by atoms with Gasteiger partial charge in [-0.05, 0) is 51.1 Å². The lowest BCUT2D eigenvalue weighted by Gasteiger charge is -2.24. The van der Waals surface area contributed by atoms with Crippen LogP contribution in [-0.2, 0) is 11.3 Å². The zero-order chi connectivity index (χ0) is 18.2. The molecule has 0 aliphatic carbocycles. The molecular formula is C18H30N4OS. The first kappa shape index (κ1) is 20.4. The minimum atomic E-state index is -0.501. The van der Waals surface area contributed by atoms with Gasteiger partial charge in [0.2, 0.25) is 5.91 Å². The van der Waals surface area contributed by atoms with Crippen LogP contribution in [0.3, 0.4) is 0 Å². The molecule has 0 aliphatic heterocycles. The van der Waals surface area contributed by atoms with Crippen LogP contribution in [0.2, 0.25) is 0 Å². The van der Waals surface area contributed by atoms with Crippen LogP contribution in [-0.4, -0.2) is 38.3 Å². The van der Waals surface area contributed by atoms with Crippen LogP contribution in [0.25, 0.3) is 0 Å². The molecule has 0 saturated carbocycles. The Morgan fingerprint density at radius 2 is 2.00 bits per heavy atom. The van der Waals surface area contributed by atoms with Gasteiger partial charge < -0.3 is 16.0 Å². The van der Waals surface area contributed by atoms with Crippen LogP contribution in [0.4, 0.5) is 0 Å². The summed E-state index contributed by atoms with van der Waals surface area (Å²) in [5.41, 5.74) is 1.96. The number of amides is 1. The predicted octanol–water partition coefficient (Wildman–Crippen LogP) is 2.54. The number of rotatable bonds is 7. The fourth-order valence-corrected chi connectivity index (χ4v) is 2.91. The third-order valence-electron chi connectivity index (χ3n) is 3.73. The third kappa shape index (κ3) is 6.07. The number of carbonyl (C=O) groups excluding carboxylic acids is 1. The van der Waals surface area contributed by atoms with E-state index in [0.717, 1.165) is 12.5 Å². The second-order valence-electron chi connectivity index (χ2n) is 6.33. The van der Waals surface area contributed by atoms with Crippen LogP contribution in [0.1, 0.15) is 31.9 Å². The Kier molecular flexibility index (Phi) is 8.11. The highest BCUT2D eigenvalue weighted by molar-refractivity contribution is 7.98. The van der Waals surface area contributed by atoms with Crippen molar-refractivity contribution in [2.24, 2.45) is 10.4 Å². The molecule has 1 rings (SSSR count). The number of carbonyl (C=O) groups is 1. The summed E-state index contributed by atoms with van der Waals surface area (Å²) in [6.07, 6.45) is 2.08. The number of thioether (sulfide) groups is 1. The summed E-state index contributed by atoms with van der Waals surface area (Å²) >= 11 is 1.74. The highest BCUT2D eigenvalue weighted by atomic mass is 32.2. The summed E-state index contributed by atoms with van der Waals surface area (Å²) < 4.78 is 0. The van der Waals surface area contributed by atoms with Gasteiger partial charge in [0.25, 0.3) is 0 Å². The quantitative estimate of drug-likeness (QED) is 0.402. The van der Waals surface area contributed by atoms with Crippen molar-refractivity contribution < 1.29 is 4.79 Å². The molecule has 1 aromatic rings. The Hall–Kier alpha value is -1.69. The number of nitrogens with zero attached hydrogens (tertiary/aromatic N) is 1. The first-order valence-electron chi connectivity index (χ1n) is 8.22. The standard InChI is InChI=1S/C18H30N4OS/c1-7-20-17(22-12-18(3,4)16(23)19-5)21-11-14-9-8-13(2)10-15(14)24-6/h8-10H,7,11-12H2,1-6H3,(H,19,23)(H2,20,21,22). The maximum atomic E-state index is 11.9. The molecule has 0 aliphatic rings. The zero-order valence-electron chi connectivity index (χ0n) is 15.6. The van der Waals surface area contributed by atoms with Crippen molar-refractivity contribution >= 4 is 23.6 Å². The van der Waals surface area contributed by atoms with E-state index in [0.29, 0.717) is 13.1 Å². The van der Waals surface area contributed by atoms with Crippen molar-refractivity contribution in [3.63, 3.8) is 0 Å². The molecule has 0 unspecified atom stereocenters. The van der Waals surface area contributed by atoms with Crippen molar-refractivity contribution in [3.05, 3.63) is 29.3 Å². The van der Waals surface area contributed by atoms with E-state index in [1.54, 1.807) is 18.8 Å². The molecule has 1 amide bonds. The average Bonchev–Trinajstić information content (AvgIpc) is 2.57. The molecule has 0 heterocycles. The van der Waals surface area contributed by atoms with E-state index < -0.39 is 5.41 Å². The molecule has 0 saturated heterocycles. The summed E-state index contributed by atoms with van der Waals surface area (Å²) in [4.78, 5) is 17.8. The average molecular weight is 351 g/mol. The molecule has 0 bridgehead atoms. The fraction of sp³-hybridized carbons (Fsp3) is 0.556. The largest absolute Gasteiger partial charge is 0.359 e. The molecule has 6 heteroatoms. The van der Waals surface area contributed by atoms with Gasteiger partial charge in [-0.15, -0.1) is 11.8 Å². The molecule has 0 atom stereocenters. The number of guanidine groups is 1. The lowest BCUT2D eigenvalue weighted by atomic mass is 9.92. The minimum absolute atomic E-state index is 0.00838. The summed E-state index contributed by atoms with van der Waals surface area (Å²) in [7, 11) is 1.66. The smallest absolute Gasteiger partial charge is 0.227 e. The van der Waals surface area contributed by atoms with Crippen LogP contribution in [0.5, 0.6) is 0 Å². The molecule has 3 N–H and O–H groups in total. The van der Waals surface area contributed by atoms with Gasteiger partial charge >= 0.3 is 0 Å². The maximum absolute atomic E-state index is 11.9. The molecule has 1 aromatic carbocycles. The van der Waals surface area contributed by atoms with Crippen LogP contribution in [0.15, 0.2) is 28.1 Å². The van der Waals surface area contributed by atoms with Gasteiger partial charge in [-0.2, -0.15) is 0 Å². The normalized spacial score (nSPS) is 12.0. The molecule has 5 nitrogen and oxygen atoms in total. The molecule has 0 aromatic heterocycles. The van der Waals surface area contributed by atoms with Crippen LogP contribution >= 0.6 is 11.8 Å². The maximum Gasteiger partial charge on any atom is 0.227 e. The molecule has 134 valence electrons. The lowest BCUT2D eigenvalue weighted by Crippen LogP contribution is -2.47. The van der Waals surface area contributed by atoms with E-state index in [2.05, 4.69) is 52.3 Å². The van der Waals surface area contributed by atoms with E-state index in [1.165, 1.54) is 16.0 Å². The number of benzene rings is 1. The highest BCUT2D eigenvalue weighted by Crippen LogP contribution is 2.22. The number of aliphatic imine (C=N–C) groups is 1. The Morgan fingerprint density at radius 1 is 1.29 bits per heavy atom. The van der Waals surface area contributed by atoms with E-state index in [4.69, 9.17) is 0 Å². The van der Waals surface area contributed by atoms with Gasteiger partial charge in [0.15, 0.2) is 5.96 Å². The third-order valence-corrected chi connectivity index (χ3v) is 4.55. The second kappa shape index (κ2) is 9.57. The fourth-order valence-electron chi connectivity index (χ4n) is 2.21. The van der Waals surface area contributed by atoms with Crippen molar-refractivity contribution in [1.82, 2.24) is 16.0 Å². The van der Waals surface area contributed by atoms with Crippen LogP contribution in [0, 0.1) is 12.3 Å². The Morgan fingerprint density at radius 3 is 2.58 bits per heavy atom. The van der Waals surface area contributed by atoms with Crippen molar-refractivity contribution in [1.29, 1.82) is 0 Å². The van der Waals surface area contributed by atoms with Crippen LogP contribution < -0.4 is 16.0 Å². The highest BCUT2D eigenvalue weighted by Gasteiger charge is 2.26. The van der Waals surface area contributed by atoms with E-state index in [9.17, 15) is 4.79 Å². The van der Waals surface area contributed by atoms with Gasteiger partial charge in [-0.3, -0.25) is 4.79 Å². The van der Waals surface area contributed by atoms with Gasteiger partial charge in [-0.1, -0.05) is 12.1 Å². The first-order valence-corrected chi connectivity index (χ1v) is 9.44. The summed E-state index contributed by atoms with van der Waals surface area (Å²) in [6.45, 7) is 9.84. The molecule has 0 spiro atoms. The predicted molar refractivity (Wildman–Crippen MR) is 104 cm³/mol.